The molecule has 0 saturated heterocycles. The van der Waals surface area contributed by atoms with Gasteiger partial charge in [0, 0.05) is 5.56 Å². The molecule has 0 saturated carbocycles. The SMILES string of the molecule is Nc1ccccc1NC(=O)c1ccc(CN2C(=O)COc3ccccc32)cc1. The average Bonchev–Trinajstić information content (AvgIpc) is 2.72. The lowest BCUT2D eigenvalue weighted by atomic mass is 10.1. The van der Waals surface area contributed by atoms with E-state index in [1.807, 2.05) is 48.5 Å². The quantitative estimate of drug-likeness (QED) is 0.686. The molecule has 0 atom stereocenters. The summed E-state index contributed by atoms with van der Waals surface area (Å²) in [5.74, 6) is 0.357. The Morgan fingerprint density at radius 2 is 1.71 bits per heavy atom. The zero-order valence-corrected chi connectivity index (χ0v) is 15.1. The Hall–Kier alpha value is -3.80. The number of para-hydroxylation sites is 4. The van der Waals surface area contributed by atoms with Gasteiger partial charge in [0.2, 0.25) is 0 Å². The summed E-state index contributed by atoms with van der Waals surface area (Å²) in [7, 11) is 0. The lowest BCUT2D eigenvalue weighted by molar-refractivity contribution is -0.121. The van der Waals surface area contributed by atoms with Gasteiger partial charge < -0.3 is 20.7 Å². The molecule has 140 valence electrons. The largest absolute Gasteiger partial charge is 0.482 e. The molecule has 2 amide bonds. The van der Waals surface area contributed by atoms with E-state index >= 15 is 0 Å². The fraction of sp³-hybridized carbons (Fsp3) is 0.0909. The predicted octanol–water partition coefficient (Wildman–Crippen LogP) is 3.45. The summed E-state index contributed by atoms with van der Waals surface area (Å²) in [4.78, 5) is 26.4. The van der Waals surface area contributed by atoms with Crippen LogP contribution in [0.4, 0.5) is 17.1 Å². The van der Waals surface area contributed by atoms with E-state index in [9.17, 15) is 9.59 Å². The number of nitrogens with one attached hydrogen (secondary N) is 1. The molecule has 3 aromatic carbocycles. The predicted molar refractivity (Wildman–Crippen MR) is 108 cm³/mol. The molecular weight excluding hydrogens is 354 g/mol. The molecule has 0 bridgehead atoms. The van der Waals surface area contributed by atoms with E-state index in [1.54, 1.807) is 29.2 Å². The van der Waals surface area contributed by atoms with Gasteiger partial charge in [-0.05, 0) is 42.0 Å². The molecule has 0 unspecified atom stereocenters. The van der Waals surface area contributed by atoms with Crippen LogP contribution in [0.1, 0.15) is 15.9 Å². The molecule has 1 heterocycles. The number of fused-ring (bicyclic) bond motifs is 1. The number of nitrogens with two attached hydrogens (primary N) is 1. The van der Waals surface area contributed by atoms with Crippen LogP contribution in [0, 0.1) is 0 Å². The Morgan fingerprint density at radius 1 is 1.00 bits per heavy atom. The molecule has 1 aliphatic rings. The van der Waals surface area contributed by atoms with E-state index in [0.717, 1.165) is 11.3 Å². The van der Waals surface area contributed by atoms with E-state index in [0.29, 0.717) is 29.2 Å². The number of carbonyl (C=O) groups is 2. The number of hydrogen-bond acceptors (Lipinski definition) is 4. The fourth-order valence-corrected chi connectivity index (χ4v) is 3.08. The van der Waals surface area contributed by atoms with Crippen LogP contribution in [-0.4, -0.2) is 18.4 Å². The number of benzene rings is 3. The first kappa shape index (κ1) is 17.6. The van der Waals surface area contributed by atoms with E-state index in [1.165, 1.54) is 0 Å². The first-order valence-electron chi connectivity index (χ1n) is 8.89. The third-order valence-electron chi connectivity index (χ3n) is 4.57. The average molecular weight is 373 g/mol. The topological polar surface area (TPSA) is 84.7 Å². The summed E-state index contributed by atoms with van der Waals surface area (Å²) in [6.45, 7) is 0.433. The van der Waals surface area contributed by atoms with Gasteiger partial charge in [-0.3, -0.25) is 9.59 Å². The molecule has 3 N–H and O–H groups in total. The van der Waals surface area contributed by atoms with Crippen LogP contribution in [0.2, 0.25) is 0 Å². The van der Waals surface area contributed by atoms with Crippen molar-refractivity contribution in [1.29, 1.82) is 0 Å². The van der Waals surface area contributed by atoms with Gasteiger partial charge in [-0.1, -0.05) is 36.4 Å². The van der Waals surface area contributed by atoms with Gasteiger partial charge in [-0.15, -0.1) is 0 Å². The lowest BCUT2D eigenvalue weighted by Gasteiger charge is -2.29. The van der Waals surface area contributed by atoms with Crippen LogP contribution in [0.3, 0.4) is 0 Å². The maximum Gasteiger partial charge on any atom is 0.265 e. The Morgan fingerprint density at radius 3 is 2.50 bits per heavy atom. The van der Waals surface area contributed by atoms with Crippen molar-refractivity contribution in [3.63, 3.8) is 0 Å². The number of ether oxygens (including phenoxy) is 1. The van der Waals surface area contributed by atoms with Gasteiger partial charge in [-0.25, -0.2) is 0 Å². The molecule has 0 aromatic heterocycles. The Labute approximate surface area is 162 Å². The van der Waals surface area contributed by atoms with E-state index in [4.69, 9.17) is 10.5 Å². The minimum Gasteiger partial charge on any atom is -0.482 e. The molecule has 28 heavy (non-hydrogen) atoms. The number of nitrogens with zero attached hydrogens (tertiary/aromatic N) is 1. The number of anilines is 3. The Kier molecular flexibility index (Phi) is 4.68. The highest BCUT2D eigenvalue weighted by Gasteiger charge is 2.25. The third kappa shape index (κ3) is 3.53. The van der Waals surface area contributed by atoms with Gasteiger partial charge in [-0.2, -0.15) is 0 Å². The summed E-state index contributed by atoms with van der Waals surface area (Å²) in [6.07, 6.45) is 0. The smallest absolute Gasteiger partial charge is 0.265 e. The highest BCUT2D eigenvalue weighted by Crippen LogP contribution is 2.32. The molecule has 3 aromatic rings. The normalized spacial score (nSPS) is 12.9. The van der Waals surface area contributed by atoms with Crippen LogP contribution in [0.15, 0.2) is 72.8 Å². The van der Waals surface area contributed by atoms with Crippen molar-refractivity contribution >= 4 is 28.9 Å². The second-order valence-corrected chi connectivity index (χ2v) is 6.47. The zero-order valence-electron chi connectivity index (χ0n) is 15.1. The van der Waals surface area contributed by atoms with Crippen molar-refractivity contribution in [2.75, 3.05) is 22.6 Å². The van der Waals surface area contributed by atoms with Gasteiger partial charge >= 0.3 is 0 Å². The van der Waals surface area contributed by atoms with Crippen molar-refractivity contribution in [1.82, 2.24) is 0 Å². The molecule has 0 fully saturated rings. The standard InChI is InChI=1S/C22H19N3O3/c23-17-5-1-2-6-18(17)24-22(27)16-11-9-15(10-12-16)13-25-19-7-3-4-8-20(19)28-14-21(25)26/h1-12H,13-14,23H2,(H,24,27). The van der Waals surface area contributed by atoms with E-state index in [-0.39, 0.29) is 18.4 Å². The number of hydrogen-bond donors (Lipinski definition) is 2. The van der Waals surface area contributed by atoms with Crippen LogP contribution >= 0.6 is 0 Å². The van der Waals surface area contributed by atoms with E-state index < -0.39 is 0 Å². The molecule has 6 heteroatoms. The zero-order chi connectivity index (χ0) is 19.5. The number of rotatable bonds is 4. The fourth-order valence-electron chi connectivity index (χ4n) is 3.08. The maximum atomic E-state index is 12.4. The highest BCUT2D eigenvalue weighted by molar-refractivity contribution is 6.05. The van der Waals surface area contributed by atoms with Crippen LogP contribution in [-0.2, 0) is 11.3 Å². The van der Waals surface area contributed by atoms with Gasteiger partial charge in [0.1, 0.15) is 5.75 Å². The first-order chi connectivity index (χ1) is 13.6. The number of nitrogen functional groups attached to an aromatic ring is 1. The molecule has 4 rings (SSSR count). The third-order valence-corrected chi connectivity index (χ3v) is 4.57. The first-order valence-corrected chi connectivity index (χ1v) is 8.89. The second-order valence-electron chi connectivity index (χ2n) is 6.47. The van der Waals surface area contributed by atoms with E-state index in [2.05, 4.69) is 5.32 Å². The Bertz CT molecular complexity index is 1030. The molecule has 6 nitrogen and oxygen atoms in total. The minimum atomic E-state index is -0.239. The lowest BCUT2D eigenvalue weighted by Crippen LogP contribution is -2.38. The summed E-state index contributed by atoms with van der Waals surface area (Å²) in [5, 5.41) is 2.80. The Balaban J connectivity index is 1.49. The van der Waals surface area contributed by atoms with Gasteiger partial charge in [0.15, 0.2) is 6.61 Å². The van der Waals surface area contributed by atoms with Gasteiger partial charge in [0.25, 0.3) is 11.8 Å². The molecule has 0 aliphatic carbocycles. The summed E-state index contributed by atoms with van der Waals surface area (Å²) in [5.41, 5.74) is 9.13. The molecule has 0 radical (unpaired) electrons. The van der Waals surface area contributed by atoms with Crippen molar-refractivity contribution in [2.24, 2.45) is 0 Å². The molecule has 0 spiro atoms. The summed E-state index contributed by atoms with van der Waals surface area (Å²) < 4.78 is 5.47. The minimum absolute atomic E-state index is 0.0238. The number of amides is 2. The summed E-state index contributed by atoms with van der Waals surface area (Å²) >= 11 is 0. The van der Waals surface area contributed by atoms with Crippen molar-refractivity contribution in [3.8, 4) is 5.75 Å². The van der Waals surface area contributed by atoms with Crippen LogP contribution < -0.4 is 20.7 Å². The molecule has 1 aliphatic heterocycles. The summed E-state index contributed by atoms with van der Waals surface area (Å²) in [6, 6.07) is 21.7. The number of carbonyl (C=O) groups excluding carboxylic acids is 2. The highest BCUT2D eigenvalue weighted by atomic mass is 16.5. The van der Waals surface area contributed by atoms with Crippen molar-refractivity contribution in [2.45, 2.75) is 6.54 Å². The maximum absolute atomic E-state index is 12.4. The van der Waals surface area contributed by atoms with Crippen LogP contribution in [0.25, 0.3) is 0 Å². The molecular formula is C22H19N3O3. The van der Waals surface area contributed by atoms with Crippen molar-refractivity contribution < 1.29 is 14.3 Å². The van der Waals surface area contributed by atoms with Crippen LogP contribution in [0.5, 0.6) is 5.75 Å². The second kappa shape index (κ2) is 7.44. The van der Waals surface area contributed by atoms with Gasteiger partial charge in [0.05, 0.1) is 23.6 Å². The van der Waals surface area contributed by atoms with Crippen molar-refractivity contribution in [3.05, 3.63) is 83.9 Å². The monoisotopic (exact) mass is 373 g/mol.